The fourth-order valence-electron chi connectivity index (χ4n) is 8.34. The summed E-state index contributed by atoms with van der Waals surface area (Å²) < 4.78 is 22.9. The van der Waals surface area contributed by atoms with Gasteiger partial charge in [-0.2, -0.15) is 0 Å². The van der Waals surface area contributed by atoms with Gasteiger partial charge in [-0.25, -0.2) is 14.4 Å². The van der Waals surface area contributed by atoms with Gasteiger partial charge in [0.05, 0.1) is 56.1 Å². The van der Waals surface area contributed by atoms with Crippen molar-refractivity contribution in [3.05, 3.63) is 71.8 Å². The lowest BCUT2D eigenvalue weighted by atomic mass is 10.1. The van der Waals surface area contributed by atoms with Crippen molar-refractivity contribution >= 4 is 26.6 Å². The number of likely N-dealkylation sites (tertiary alicyclic amines) is 3. The van der Waals surface area contributed by atoms with Crippen LogP contribution in [0.2, 0.25) is 18.1 Å². The van der Waals surface area contributed by atoms with Crippen LogP contribution in [-0.4, -0.2) is 162 Å². The van der Waals surface area contributed by atoms with Crippen LogP contribution < -0.4 is 10.6 Å². The van der Waals surface area contributed by atoms with Crippen molar-refractivity contribution in [3.63, 3.8) is 0 Å². The number of carbonyl (C=O) groups excluding carboxylic acids is 3. The Morgan fingerprint density at radius 3 is 1.48 bits per heavy atom. The highest BCUT2D eigenvalue weighted by Gasteiger charge is 2.43. The average molecular weight is 957 g/mol. The Labute approximate surface area is 404 Å². The number of benzene rings is 2. The number of likely N-dealkylation sites (N-methyl/N-ethyl adjacent to an activating group) is 2. The first-order valence-corrected chi connectivity index (χ1v) is 27.1. The average Bonchev–Trinajstić information content (AvgIpc) is 3.97. The first-order valence-electron chi connectivity index (χ1n) is 24.6. The predicted octanol–water partition coefficient (Wildman–Crippen LogP) is 7.85. The number of aliphatic hydroxyl groups excluding tert-OH is 2. The first-order chi connectivity index (χ1) is 31.3. The van der Waals surface area contributed by atoms with E-state index in [1.165, 1.54) is 5.56 Å². The summed E-state index contributed by atoms with van der Waals surface area (Å²) in [6.07, 6.45) is -2.00. The Balaban J connectivity index is 0.000000267. The summed E-state index contributed by atoms with van der Waals surface area (Å²) >= 11 is 0. The van der Waals surface area contributed by atoms with Gasteiger partial charge in [0.25, 0.3) is 0 Å². The summed E-state index contributed by atoms with van der Waals surface area (Å²) in [6, 6.07) is 23.6. The molecule has 3 fully saturated rings. The van der Waals surface area contributed by atoms with Crippen LogP contribution in [0.25, 0.3) is 0 Å². The highest BCUT2D eigenvalue weighted by Crippen LogP contribution is 2.28. The summed E-state index contributed by atoms with van der Waals surface area (Å²) in [5, 5.41) is 27.2. The van der Waals surface area contributed by atoms with Crippen molar-refractivity contribution in [2.24, 2.45) is 0 Å². The van der Waals surface area contributed by atoms with Gasteiger partial charge in [-0.1, -0.05) is 95.3 Å². The number of nitrogens with one attached hydrogen (secondary N) is 2. The molecule has 3 amide bonds. The van der Waals surface area contributed by atoms with Gasteiger partial charge < -0.3 is 54.2 Å². The maximum absolute atomic E-state index is 12.4. The number of aliphatic hydroxyl groups is 2. The summed E-state index contributed by atoms with van der Waals surface area (Å²) in [5.74, 6) is 0. The largest absolute Gasteiger partial charge is 0.444 e. The molecule has 6 atom stereocenters. The second-order valence-corrected chi connectivity index (χ2v) is 25.7. The van der Waals surface area contributed by atoms with E-state index in [1.807, 2.05) is 111 Å². The highest BCUT2D eigenvalue weighted by molar-refractivity contribution is 6.73. The monoisotopic (exact) mass is 957 g/mol. The van der Waals surface area contributed by atoms with Gasteiger partial charge in [-0.05, 0) is 105 Å². The highest BCUT2D eigenvalue weighted by atomic mass is 28.4. The second kappa shape index (κ2) is 26.3. The molecule has 0 saturated carbocycles. The normalized spacial score (nSPS) is 22.2. The molecule has 0 aromatic heterocycles. The van der Waals surface area contributed by atoms with Gasteiger partial charge in [-0.15, -0.1) is 0 Å². The van der Waals surface area contributed by atoms with E-state index in [0.29, 0.717) is 45.8 Å². The summed E-state index contributed by atoms with van der Waals surface area (Å²) in [6.45, 7) is 33.7. The van der Waals surface area contributed by atoms with Crippen molar-refractivity contribution in [1.82, 2.24) is 30.2 Å². The SMILES string of the molecule is CC(C)(C)OC(=O)N1C[C@H](NCc2ccccc2)[C@@H](O)C1.CCN(Cc1ccccc1)[C@H]1CN(C(=O)OC(C)(C)C)C[C@@H]1O.CCN[C@H]1CN(C(=O)OC(C)(C)C)C[C@@H]1O[Si](CC)(CC)CC. The molecule has 2 aromatic rings. The van der Waals surface area contributed by atoms with Gasteiger partial charge >= 0.3 is 18.3 Å². The van der Waals surface area contributed by atoms with Crippen LogP contribution in [0.15, 0.2) is 60.7 Å². The minimum atomic E-state index is -1.68. The molecule has 5 rings (SSSR count). The van der Waals surface area contributed by atoms with Gasteiger partial charge in [0.2, 0.25) is 0 Å². The lowest BCUT2D eigenvalue weighted by molar-refractivity contribution is 0.0260. The van der Waals surface area contributed by atoms with Gasteiger partial charge in [0.1, 0.15) is 16.8 Å². The molecule has 0 aliphatic carbocycles. The third-order valence-corrected chi connectivity index (χ3v) is 16.8. The molecule has 3 saturated heterocycles. The number of nitrogens with zero attached hydrogens (tertiary/aromatic N) is 4. The number of ether oxygens (including phenoxy) is 3. The molecule has 4 N–H and O–H groups in total. The Morgan fingerprint density at radius 2 is 1.03 bits per heavy atom. The van der Waals surface area contributed by atoms with Crippen molar-refractivity contribution < 1.29 is 43.2 Å². The fraction of sp³-hybridized carbons (Fsp3) is 0.706. The van der Waals surface area contributed by atoms with Crippen molar-refractivity contribution in [2.75, 3.05) is 52.4 Å². The van der Waals surface area contributed by atoms with Gasteiger partial charge in [0.15, 0.2) is 8.32 Å². The van der Waals surface area contributed by atoms with Crippen LogP contribution >= 0.6 is 0 Å². The lowest BCUT2D eigenvalue weighted by Gasteiger charge is -2.33. The molecule has 0 radical (unpaired) electrons. The van der Waals surface area contributed by atoms with E-state index in [1.54, 1.807) is 14.7 Å². The van der Waals surface area contributed by atoms with Crippen LogP contribution in [0.4, 0.5) is 14.4 Å². The zero-order valence-electron chi connectivity index (χ0n) is 43.5. The molecule has 2 aromatic carbocycles. The van der Waals surface area contributed by atoms with E-state index in [2.05, 4.69) is 62.3 Å². The number of hydrogen-bond donors (Lipinski definition) is 4. The summed E-state index contributed by atoms with van der Waals surface area (Å²) in [4.78, 5) is 43.7. The smallest absolute Gasteiger partial charge is 0.410 e. The zero-order valence-corrected chi connectivity index (χ0v) is 44.5. The van der Waals surface area contributed by atoms with E-state index >= 15 is 0 Å². The van der Waals surface area contributed by atoms with Crippen LogP contribution in [0.3, 0.4) is 0 Å². The number of amides is 3. The molecule has 3 aliphatic heterocycles. The molecular formula is C51H88N6O9Si. The van der Waals surface area contributed by atoms with E-state index < -0.39 is 37.3 Å². The number of hydrogen-bond acceptors (Lipinski definition) is 12. The van der Waals surface area contributed by atoms with Crippen LogP contribution in [0.1, 0.15) is 108 Å². The molecule has 67 heavy (non-hydrogen) atoms. The van der Waals surface area contributed by atoms with Gasteiger partial charge in [-0.3, -0.25) is 4.90 Å². The van der Waals surface area contributed by atoms with Crippen molar-refractivity contribution in [3.8, 4) is 0 Å². The molecule has 3 heterocycles. The van der Waals surface area contributed by atoms with Crippen LogP contribution in [0, 0.1) is 0 Å². The molecule has 16 heteroatoms. The Kier molecular flexibility index (Phi) is 22.6. The van der Waals surface area contributed by atoms with Crippen LogP contribution in [-0.2, 0) is 31.7 Å². The molecule has 0 bridgehead atoms. The zero-order chi connectivity index (χ0) is 50.2. The second-order valence-electron chi connectivity index (χ2n) is 20.9. The lowest BCUT2D eigenvalue weighted by Crippen LogP contribution is -2.48. The fourth-order valence-corrected chi connectivity index (χ4v) is 11.2. The topological polar surface area (TPSA) is 166 Å². The molecule has 3 aliphatic rings. The van der Waals surface area contributed by atoms with E-state index in [-0.39, 0.29) is 42.5 Å². The molecule has 380 valence electrons. The number of β-amino-alcohol motifs (C(OH)–C–C–N with tert-alkyl or cyclic N) is 2. The predicted molar refractivity (Wildman–Crippen MR) is 268 cm³/mol. The maximum Gasteiger partial charge on any atom is 0.410 e. The minimum Gasteiger partial charge on any atom is -0.444 e. The Bertz CT molecular complexity index is 1760. The van der Waals surface area contributed by atoms with E-state index in [0.717, 1.165) is 43.3 Å². The van der Waals surface area contributed by atoms with Crippen LogP contribution in [0.5, 0.6) is 0 Å². The number of carbonyl (C=O) groups is 3. The quantitative estimate of drug-likeness (QED) is 0.107. The minimum absolute atomic E-state index is 0.0623. The van der Waals surface area contributed by atoms with Gasteiger partial charge in [0, 0.05) is 32.7 Å². The maximum atomic E-state index is 12.4. The molecule has 0 spiro atoms. The third kappa shape index (κ3) is 19.6. The van der Waals surface area contributed by atoms with Crippen molar-refractivity contribution in [2.45, 2.75) is 181 Å². The standard InChI is InChI=1S/C18H28N2O3.C17H36N2O3Si.C16H24N2O3/c1-5-19(11-14-9-7-6-8-10-14)15-12-20(13-16(15)21)17(22)23-18(2,3)4;1-8-18-14-12-19(16(20)21-17(5,6)7)13-15(14)22-23(9-2,10-3)11-4;1-16(2,3)21-15(20)18-10-13(14(19)11-18)17-9-12-7-5-4-6-8-12/h6-10,15-16,21H,5,11-13H2,1-4H3;14-15,18H,8-13H2,1-7H3;4-8,13-14,17,19H,9-11H2,1-3H3/t15-,16-;14-,15-;13-,14-/m000/s1. The van der Waals surface area contributed by atoms with Crippen molar-refractivity contribution in [1.29, 1.82) is 0 Å². The Hall–Kier alpha value is -3.77. The molecular weight excluding hydrogens is 869 g/mol. The third-order valence-electron chi connectivity index (χ3n) is 12.1. The molecule has 0 unspecified atom stereocenters. The number of rotatable bonds is 14. The van der Waals surface area contributed by atoms with E-state index in [4.69, 9.17) is 18.6 Å². The Morgan fingerprint density at radius 1 is 0.597 bits per heavy atom. The summed E-state index contributed by atoms with van der Waals surface area (Å²) in [7, 11) is -1.68. The first kappa shape index (κ1) is 57.5. The van der Waals surface area contributed by atoms with E-state index in [9.17, 15) is 24.6 Å². The molecule has 15 nitrogen and oxygen atoms in total. The summed E-state index contributed by atoms with van der Waals surface area (Å²) in [5.41, 5.74) is 0.864.